The highest BCUT2D eigenvalue weighted by Crippen LogP contribution is 2.20. The molecular weight excluding hydrogens is 323 g/mol. The van der Waals surface area contributed by atoms with Gasteiger partial charge in [0, 0.05) is 18.7 Å². The van der Waals surface area contributed by atoms with Gasteiger partial charge >= 0.3 is 11.4 Å². The molecule has 5 nitrogen and oxygen atoms in total. The van der Waals surface area contributed by atoms with Gasteiger partial charge in [-0.05, 0) is 24.6 Å². The van der Waals surface area contributed by atoms with E-state index >= 15 is 0 Å². The number of aromatic nitrogens is 1. The maximum atomic E-state index is 10.7. The van der Waals surface area contributed by atoms with Crippen molar-refractivity contribution in [1.29, 1.82) is 0 Å². The number of alkyl halides is 3. The van der Waals surface area contributed by atoms with E-state index in [-0.39, 0.29) is 0 Å². The third kappa shape index (κ3) is 6.22. The van der Waals surface area contributed by atoms with Gasteiger partial charge in [-0.25, -0.2) is 8.42 Å². The largest absolute Gasteiger partial charge is 0.741 e. The number of hydrogen-bond acceptors (Lipinski definition) is 4. The first-order valence-corrected chi connectivity index (χ1v) is 6.79. The van der Waals surface area contributed by atoms with Gasteiger partial charge in [0.25, 0.3) is 5.15 Å². The van der Waals surface area contributed by atoms with E-state index in [9.17, 15) is 13.2 Å². The molecule has 0 aliphatic carbocycles. The molecule has 0 atom stereocenters. The van der Waals surface area contributed by atoms with E-state index in [4.69, 9.17) is 29.3 Å². The molecule has 0 aromatic carbocycles. The Morgan fingerprint density at radius 2 is 2.00 bits per heavy atom. The fourth-order valence-electron chi connectivity index (χ4n) is 0.861. The van der Waals surface area contributed by atoms with Crippen molar-refractivity contribution in [2.75, 3.05) is 6.61 Å². The second kappa shape index (κ2) is 7.46. The zero-order valence-electron chi connectivity index (χ0n) is 10.2. The standard InChI is InChI=1S/C9H11ClNO.CHF3O3S/c1-3-12-8(2)11-7-5-4-6-9(11)10;2-1(3,4)8(5,6)7/h4-7H,2-3H2,1H3;(H,5,6,7)/q+1;/p-1. The van der Waals surface area contributed by atoms with Crippen molar-refractivity contribution in [2.45, 2.75) is 12.4 Å². The summed E-state index contributed by atoms with van der Waals surface area (Å²) in [6.45, 7) is 6.23. The molecule has 0 aliphatic heterocycles. The molecule has 1 rings (SSSR count). The van der Waals surface area contributed by atoms with Crippen LogP contribution in [0.1, 0.15) is 6.92 Å². The van der Waals surface area contributed by atoms with E-state index in [1.807, 2.05) is 19.1 Å². The summed E-state index contributed by atoms with van der Waals surface area (Å²) in [4.78, 5) is 0. The molecule has 0 aliphatic rings. The highest BCUT2D eigenvalue weighted by molar-refractivity contribution is 7.86. The quantitative estimate of drug-likeness (QED) is 0.279. The van der Waals surface area contributed by atoms with Gasteiger partial charge in [-0.15, -0.1) is 4.57 Å². The number of hydrogen-bond donors (Lipinski definition) is 0. The fraction of sp³-hybridized carbons (Fsp3) is 0.300. The van der Waals surface area contributed by atoms with Crippen LogP contribution in [0, 0.1) is 0 Å². The second-order valence-electron chi connectivity index (χ2n) is 3.12. The molecule has 0 radical (unpaired) electrons. The van der Waals surface area contributed by atoms with Crippen LogP contribution in [-0.4, -0.2) is 25.1 Å². The zero-order valence-corrected chi connectivity index (χ0v) is 11.8. The maximum absolute atomic E-state index is 10.7. The van der Waals surface area contributed by atoms with Crippen molar-refractivity contribution in [2.24, 2.45) is 0 Å². The van der Waals surface area contributed by atoms with E-state index in [2.05, 4.69) is 6.58 Å². The van der Waals surface area contributed by atoms with E-state index in [0.717, 1.165) is 0 Å². The van der Waals surface area contributed by atoms with Gasteiger partial charge in [-0.3, -0.25) is 0 Å². The Hall–Kier alpha value is -1.32. The van der Waals surface area contributed by atoms with Crippen LogP contribution in [0.2, 0.25) is 5.15 Å². The summed E-state index contributed by atoms with van der Waals surface area (Å²) in [6, 6.07) is 5.51. The van der Waals surface area contributed by atoms with Gasteiger partial charge in [0.2, 0.25) is 0 Å². The van der Waals surface area contributed by atoms with Crippen LogP contribution in [0.5, 0.6) is 0 Å². The minimum atomic E-state index is -6.09. The van der Waals surface area contributed by atoms with Crippen molar-refractivity contribution >= 4 is 27.6 Å². The number of nitrogens with zero attached hydrogens (tertiary/aromatic N) is 1. The minimum absolute atomic E-state index is 0.545. The summed E-state index contributed by atoms with van der Waals surface area (Å²) in [5.74, 6) is 0.545. The normalized spacial score (nSPS) is 11.3. The van der Waals surface area contributed by atoms with Gasteiger partial charge in [-0.2, -0.15) is 13.2 Å². The van der Waals surface area contributed by atoms with Crippen LogP contribution in [-0.2, 0) is 14.9 Å². The topological polar surface area (TPSA) is 70.3 Å². The molecule has 0 amide bonds. The smallest absolute Gasteiger partial charge is 0.485 e. The number of pyridine rings is 1. The van der Waals surface area contributed by atoms with Gasteiger partial charge in [0.1, 0.15) is 0 Å². The molecule has 0 saturated carbocycles. The molecule has 0 N–H and O–H groups in total. The zero-order chi connectivity index (χ0) is 16.0. The molecule has 1 aromatic heterocycles. The molecule has 10 heteroatoms. The lowest BCUT2D eigenvalue weighted by Gasteiger charge is -2.08. The summed E-state index contributed by atoms with van der Waals surface area (Å²) < 4.78 is 65.8. The molecule has 0 saturated heterocycles. The Bertz CT molecular complexity index is 560. The van der Waals surface area contributed by atoms with Crippen LogP contribution >= 0.6 is 11.6 Å². The summed E-state index contributed by atoms with van der Waals surface area (Å²) >= 11 is 5.88. The predicted octanol–water partition coefficient (Wildman–Crippen LogP) is 2.14. The van der Waals surface area contributed by atoms with Crippen molar-refractivity contribution in [3.8, 4) is 0 Å². The lowest BCUT2D eigenvalue weighted by molar-refractivity contribution is -0.598. The second-order valence-corrected chi connectivity index (χ2v) is 4.88. The summed E-state index contributed by atoms with van der Waals surface area (Å²) in [5.41, 5.74) is -5.65. The Morgan fingerprint density at radius 1 is 1.50 bits per heavy atom. The van der Waals surface area contributed by atoms with Gasteiger partial charge in [-0.1, -0.05) is 0 Å². The number of ether oxygens (including phenoxy) is 1. The third-order valence-electron chi connectivity index (χ3n) is 1.67. The van der Waals surface area contributed by atoms with Crippen LogP contribution < -0.4 is 4.57 Å². The molecule has 0 fully saturated rings. The number of halogens is 4. The van der Waals surface area contributed by atoms with Crippen molar-refractivity contribution < 1.29 is 35.4 Å². The Balaban J connectivity index is 0.000000396. The van der Waals surface area contributed by atoms with Crippen molar-refractivity contribution in [3.05, 3.63) is 36.1 Å². The van der Waals surface area contributed by atoms with Gasteiger partial charge in [0.15, 0.2) is 16.3 Å². The molecule has 0 bridgehead atoms. The Kier molecular flexibility index (Phi) is 6.97. The highest BCUT2D eigenvalue weighted by Gasteiger charge is 2.36. The SMILES string of the molecule is C=C(OCC)[n+]1ccccc1Cl.O=S(=O)([O-])C(F)(F)F. The molecular formula is C10H11ClF3NO4S. The monoisotopic (exact) mass is 333 g/mol. The predicted molar refractivity (Wildman–Crippen MR) is 64.4 cm³/mol. The maximum Gasteiger partial charge on any atom is 0.485 e. The van der Waals surface area contributed by atoms with Crippen LogP contribution in [0.4, 0.5) is 13.2 Å². The van der Waals surface area contributed by atoms with E-state index < -0.39 is 15.6 Å². The third-order valence-corrected chi connectivity index (χ3v) is 2.55. The molecule has 20 heavy (non-hydrogen) atoms. The first kappa shape index (κ1) is 18.7. The minimum Gasteiger partial charge on any atom is -0.741 e. The van der Waals surface area contributed by atoms with Gasteiger partial charge < -0.3 is 9.29 Å². The van der Waals surface area contributed by atoms with Gasteiger partial charge in [0.05, 0.1) is 6.61 Å². The van der Waals surface area contributed by atoms with Crippen molar-refractivity contribution in [3.63, 3.8) is 0 Å². The van der Waals surface area contributed by atoms with Crippen molar-refractivity contribution in [1.82, 2.24) is 0 Å². The van der Waals surface area contributed by atoms with E-state index in [1.54, 1.807) is 16.8 Å². The average molecular weight is 334 g/mol. The molecule has 0 unspecified atom stereocenters. The lowest BCUT2D eigenvalue weighted by Crippen LogP contribution is -2.33. The fourth-order valence-corrected chi connectivity index (χ4v) is 1.08. The number of rotatable bonds is 3. The first-order chi connectivity index (χ1) is 9.00. The van der Waals surface area contributed by atoms with Crippen LogP contribution in [0.3, 0.4) is 0 Å². The summed E-state index contributed by atoms with van der Waals surface area (Å²) in [6.07, 6.45) is 1.81. The van der Waals surface area contributed by atoms with E-state index in [0.29, 0.717) is 17.6 Å². The highest BCUT2D eigenvalue weighted by atomic mass is 35.5. The van der Waals surface area contributed by atoms with E-state index in [1.165, 1.54) is 0 Å². The molecule has 114 valence electrons. The average Bonchev–Trinajstić information content (AvgIpc) is 2.28. The molecule has 1 aromatic rings. The molecule has 0 spiro atoms. The summed E-state index contributed by atoms with van der Waals surface area (Å²) in [7, 11) is -6.09. The Labute approximate surface area is 119 Å². The first-order valence-electron chi connectivity index (χ1n) is 5.01. The summed E-state index contributed by atoms with van der Waals surface area (Å²) in [5, 5.41) is 0.593. The Morgan fingerprint density at radius 3 is 2.35 bits per heavy atom. The lowest BCUT2D eigenvalue weighted by atomic mass is 10.5. The van der Waals surface area contributed by atoms with Crippen LogP contribution in [0.25, 0.3) is 5.88 Å². The molecule has 1 heterocycles. The van der Waals surface area contributed by atoms with Crippen LogP contribution in [0.15, 0.2) is 31.0 Å².